The van der Waals surface area contributed by atoms with E-state index in [1.165, 1.54) is 18.5 Å². The smallest absolute Gasteiger partial charge is 0.229 e. The van der Waals surface area contributed by atoms with Gasteiger partial charge in [-0.3, -0.25) is 0 Å². The van der Waals surface area contributed by atoms with Gasteiger partial charge in [0.15, 0.2) is 0 Å². The lowest BCUT2D eigenvalue weighted by Gasteiger charge is -2.18. The third-order valence-electron chi connectivity index (χ3n) is 4.37. The van der Waals surface area contributed by atoms with Gasteiger partial charge >= 0.3 is 0 Å². The zero-order valence-electron chi connectivity index (χ0n) is 14.3. The fourth-order valence-corrected chi connectivity index (χ4v) is 3.16. The van der Waals surface area contributed by atoms with Gasteiger partial charge in [-0.25, -0.2) is 4.98 Å². The first-order valence-corrected chi connectivity index (χ1v) is 9.12. The highest BCUT2D eigenvalue weighted by Crippen LogP contribution is 2.24. The lowest BCUT2D eigenvalue weighted by atomic mass is 10.2. The van der Waals surface area contributed by atoms with Crippen molar-refractivity contribution in [2.45, 2.75) is 12.8 Å². The highest BCUT2D eigenvalue weighted by atomic mass is 35.5. The number of aromatic nitrogens is 2. The summed E-state index contributed by atoms with van der Waals surface area (Å²) in [5.41, 5.74) is 3.17. The number of hydrogen-bond acceptors (Lipinski definition) is 5. The van der Waals surface area contributed by atoms with E-state index in [9.17, 15) is 0 Å². The van der Waals surface area contributed by atoms with E-state index in [0.717, 1.165) is 30.3 Å². The van der Waals surface area contributed by atoms with Crippen LogP contribution in [0.1, 0.15) is 12.8 Å². The van der Waals surface area contributed by atoms with Crippen molar-refractivity contribution in [1.29, 1.82) is 0 Å². The summed E-state index contributed by atoms with van der Waals surface area (Å²) in [5, 5.41) is 7.20. The summed E-state index contributed by atoms with van der Waals surface area (Å²) in [6.07, 6.45) is 4.29. The molecule has 1 saturated heterocycles. The topological polar surface area (TPSA) is 53.1 Å². The second-order valence-electron chi connectivity index (χ2n) is 6.26. The Balaban J connectivity index is 1.44. The van der Waals surface area contributed by atoms with E-state index >= 15 is 0 Å². The molecular weight excluding hydrogens is 346 g/mol. The molecule has 0 atom stereocenters. The van der Waals surface area contributed by atoms with Crippen LogP contribution in [0.3, 0.4) is 0 Å². The molecule has 0 saturated carbocycles. The number of benzene rings is 2. The standard InChI is InChI=1S/C20H20ClN5/c21-15-3-5-17(6-4-15)24-20-22-12-11-19(25-20)23-16-7-9-18(10-8-16)26-13-1-2-14-26/h3-12H,1-2,13-14H2,(H2,22,23,24,25). The molecule has 1 aliphatic rings. The SMILES string of the molecule is Clc1ccc(Nc2nccc(Nc3ccc(N4CCCC4)cc3)n2)cc1. The zero-order chi connectivity index (χ0) is 17.8. The molecule has 1 fully saturated rings. The summed E-state index contributed by atoms with van der Waals surface area (Å²) in [6, 6.07) is 17.8. The van der Waals surface area contributed by atoms with E-state index in [1.54, 1.807) is 6.20 Å². The maximum Gasteiger partial charge on any atom is 0.229 e. The number of anilines is 5. The Morgan fingerprint density at radius 1 is 0.808 bits per heavy atom. The molecule has 0 spiro atoms. The Hall–Kier alpha value is -2.79. The van der Waals surface area contributed by atoms with Crippen LogP contribution in [-0.2, 0) is 0 Å². The third kappa shape index (κ3) is 4.06. The molecule has 5 nitrogen and oxygen atoms in total. The molecule has 0 bridgehead atoms. The van der Waals surface area contributed by atoms with E-state index < -0.39 is 0 Å². The van der Waals surface area contributed by atoms with Crippen LogP contribution in [0.4, 0.5) is 28.8 Å². The quantitative estimate of drug-likeness (QED) is 0.649. The molecule has 0 aliphatic carbocycles. The highest BCUT2D eigenvalue weighted by molar-refractivity contribution is 6.30. The van der Waals surface area contributed by atoms with Gasteiger partial charge in [0.2, 0.25) is 5.95 Å². The van der Waals surface area contributed by atoms with E-state index in [-0.39, 0.29) is 0 Å². The minimum Gasteiger partial charge on any atom is -0.372 e. The molecule has 6 heteroatoms. The summed E-state index contributed by atoms with van der Waals surface area (Å²) in [7, 11) is 0. The van der Waals surface area contributed by atoms with Crippen LogP contribution in [-0.4, -0.2) is 23.1 Å². The molecule has 3 aromatic rings. The number of nitrogens with zero attached hydrogens (tertiary/aromatic N) is 3. The Bertz CT molecular complexity index is 858. The van der Waals surface area contributed by atoms with Gasteiger partial charge in [0.05, 0.1) is 0 Å². The van der Waals surface area contributed by atoms with E-state index in [4.69, 9.17) is 11.6 Å². The summed E-state index contributed by atoms with van der Waals surface area (Å²) in [5.74, 6) is 1.27. The molecule has 2 heterocycles. The van der Waals surface area contributed by atoms with E-state index in [1.807, 2.05) is 30.3 Å². The molecule has 2 N–H and O–H groups in total. The second-order valence-corrected chi connectivity index (χ2v) is 6.70. The predicted molar refractivity (Wildman–Crippen MR) is 108 cm³/mol. The Morgan fingerprint density at radius 3 is 2.19 bits per heavy atom. The van der Waals surface area contributed by atoms with Crippen molar-refractivity contribution in [3.63, 3.8) is 0 Å². The molecule has 2 aromatic carbocycles. The Kier molecular flexibility index (Phi) is 4.88. The molecule has 26 heavy (non-hydrogen) atoms. The van der Waals surface area contributed by atoms with Gasteiger partial charge in [-0.2, -0.15) is 4.98 Å². The van der Waals surface area contributed by atoms with E-state index in [0.29, 0.717) is 11.0 Å². The average molecular weight is 366 g/mol. The average Bonchev–Trinajstić information content (AvgIpc) is 3.19. The number of rotatable bonds is 5. The van der Waals surface area contributed by atoms with Crippen molar-refractivity contribution in [3.05, 3.63) is 65.8 Å². The van der Waals surface area contributed by atoms with Crippen molar-refractivity contribution < 1.29 is 0 Å². The van der Waals surface area contributed by atoms with Gasteiger partial charge in [-0.1, -0.05) is 11.6 Å². The van der Waals surface area contributed by atoms with Gasteiger partial charge in [0.1, 0.15) is 5.82 Å². The first-order valence-electron chi connectivity index (χ1n) is 8.74. The van der Waals surface area contributed by atoms with Crippen LogP contribution in [0.5, 0.6) is 0 Å². The summed E-state index contributed by atoms with van der Waals surface area (Å²) < 4.78 is 0. The monoisotopic (exact) mass is 365 g/mol. The van der Waals surface area contributed by atoms with Crippen molar-refractivity contribution >= 4 is 40.4 Å². The summed E-state index contributed by atoms with van der Waals surface area (Å²) in [6.45, 7) is 2.30. The third-order valence-corrected chi connectivity index (χ3v) is 4.62. The first-order chi connectivity index (χ1) is 12.8. The fraction of sp³-hybridized carbons (Fsp3) is 0.200. The van der Waals surface area contributed by atoms with Gasteiger partial charge in [0.25, 0.3) is 0 Å². The minimum atomic E-state index is 0.533. The molecule has 0 radical (unpaired) electrons. The fourth-order valence-electron chi connectivity index (χ4n) is 3.03. The minimum absolute atomic E-state index is 0.533. The van der Waals surface area contributed by atoms with Crippen molar-refractivity contribution in [2.24, 2.45) is 0 Å². The van der Waals surface area contributed by atoms with Gasteiger partial charge in [-0.05, 0) is 67.4 Å². The molecule has 0 unspecified atom stereocenters. The molecule has 1 aliphatic heterocycles. The Morgan fingerprint density at radius 2 is 1.46 bits per heavy atom. The normalized spacial score (nSPS) is 13.7. The van der Waals surface area contributed by atoms with Gasteiger partial charge in [0, 0.05) is 41.4 Å². The number of nitrogens with one attached hydrogen (secondary N) is 2. The molecular formula is C20H20ClN5. The van der Waals surface area contributed by atoms with Crippen LogP contribution in [0, 0.1) is 0 Å². The van der Waals surface area contributed by atoms with Crippen molar-refractivity contribution in [2.75, 3.05) is 28.6 Å². The van der Waals surface area contributed by atoms with Crippen LogP contribution in [0.15, 0.2) is 60.8 Å². The highest BCUT2D eigenvalue weighted by Gasteiger charge is 2.11. The first kappa shape index (κ1) is 16.7. The van der Waals surface area contributed by atoms with Crippen LogP contribution in [0.25, 0.3) is 0 Å². The van der Waals surface area contributed by atoms with Crippen molar-refractivity contribution in [1.82, 2.24) is 9.97 Å². The number of halogens is 1. The largest absolute Gasteiger partial charge is 0.372 e. The Labute approximate surface area is 158 Å². The summed E-state index contributed by atoms with van der Waals surface area (Å²) in [4.78, 5) is 11.2. The second kappa shape index (κ2) is 7.62. The molecule has 4 rings (SSSR count). The molecule has 1 aromatic heterocycles. The predicted octanol–water partition coefficient (Wildman–Crippen LogP) is 5.22. The van der Waals surface area contributed by atoms with E-state index in [2.05, 4.69) is 49.8 Å². The molecule has 132 valence electrons. The maximum atomic E-state index is 5.91. The van der Waals surface area contributed by atoms with Crippen LogP contribution in [0.2, 0.25) is 5.02 Å². The lowest BCUT2D eigenvalue weighted by Crippen LogP contribution is -2.17. The number of hydrogen-bond donors (Lipinski definition) is 2. The van der Waals surface area contributed by atoms with Gasteiger partial charge < -0.3 is 15.5 Å². The zero-order valence-corrected chi connectivity index (χ0v) is 15.1. The van der Waals surface area contributed by atoms with Gasteiger partial charge in [-0.15, -0.1) is 0 Å². The van der Waals surface area contributed by atoms with Crippen LogP contribution < -0.4 is 15.5 Å². The summed E-state index contributed by atoms with van der Waals surface area (Å²) >= 11 is 5.91. The maximum absolute atomic E-state index is 5.91. The molecule has 0 amide bonds. The van der Waals surface area contributed by atoms with Crippen LogP contribution >= 0.6 is 11.6 Å². The van der Waals surface area contributed by atoms with Crippen molar-refractivity contribution in [3.8, 4) is 0 Å². The lowest BCUT2D eigenvalue weighted by molar-refractivity contribution is 0.949.